The third-order valence-corrected chi connectivity index (χ3v) is 4.28. The van der Waals surface area contributed by atoms with Crippen LogP contribution in [0.4, 0.5) is 0 Å². The van der Waals surface area contributed by atoms with E-state index in [4.69, 9.17) is 10.7 Å². The molecule has 0 aliphatic heterocycles. The number of hydrogen-bond donors (Lipinski definition) is 1. The van der Waals surface area contributed by atoms with Gasteiger partial charge in [0.25, 0.3) is 0 Å². The smallest absolute Gasteiger partial charge is 0.0790 e. The molecule has 1 atom stereocenters. The van der Waals surface area contributed by atoms with Crippen molar-refractivity contribution in [1.29, 1.82) is 0 Å². The quantitative estimate of drug-likeness (QED) is 0.524. The average Bonchev–Trinajstić information content (AvgIpc) is 2.61. The SMILES string of the molecule is CC(N)c1cc(-c2ccccc2)c2ccc3ccccc3c2n1. The largest absolute Gasteiger partial charge is 0.323 e. The van der Waals surface area contributed by atoms with Crippen molar-refractivity contribution in [3.63, 3.8) is 0 Å². The van der Waals surface area contributed by atoms with Gasteiger partial charge in [-0.25, -0.2) is 0 Å². The summed E-state index contributed by atoms with van der Waals surface area (Å²) in [5, 5.41) is 3.54. The van der Waals surface area contributed by atoms with E-state index >= 15 is 0 Å². The highest BCUT2D eigenvalue weighted by atomic mass is 14.8. The van der Waals surface area contributed by atoms with Crippen LogP contribution in [0.2, 0.25) is 0 Å². The molecule has 23 heavy (non-hydrogen) atoms. The van der Waals surface area contributed by atoms with Crippen LogP contribution >= 0.6 is 0 Å². The monoisotopic (exact) mass is 298 g/mol. The first kappa shape index (κ1) is 13.9. The molecule has 1 unspecified atom stereocenters. The van der Waals surface area contributed by atoms with Crippen molar-refractivity contribution in [3.8, 4) is 11.1 Å². The van der Waals surface area contributed by atoms with E-state index in [0.29, 0.717) is 0 Å². The molecule has 112 valence electrons. The van der Waals surface area contributed by atoms with Crippen molar-refractivity contribution in [3.05, 3.63) is 78.5 Å². The Bertz CT molecular complexity index is 988. The van der Waals surface area contributed by atoms with E-state index in [9.17, 15) is 0 Å². The van der Waals surface area contributed by atoms with Crippen molar-refractivity contribution in [1.82, 2.24) is 4.98 Å². The molecule has 0 amide bonds. The summed E-state index contributed by atoms with van der Waals surface area (Å²) in [6.45, 7) is 1.98. The van der Waals surface area contributed by atoms with Crippen molar-refractivity contribution in [2.75, 3.05) is 0 Å². The molecule has 2 nitrogen and oxygen atoms in total. The van der Waals surface area contributed by atoms with Crippen molar-refractivity contribution in [2.45, 2.75) is 13.0 Å². The van der Waals surface area contributed by atoms with Gasteiger partial charge in [-0.2, -0.15) is 0 Å². The van der Waals surface area contributed by atoms with E-state index < -0.39 is 0 Å². The lowest BCUT2D eigenvalue weighted by atomic mass is 9.96. The van der Waals surface area contributed by atoms with Crippen LogP contribution in [-0.4, -0.2) is 4.98 Å². The first-order valence-corrected chi connectivity index (χ1v) is 7.87. The molecule has 0 radical (unpaired) electrons. The second kappa shape index (κ2) is 5.49. The minimum Gasteiger partial charge on any atom is -0.323 e. The second-order valence-corrected chi connectivity index (χ2v) is 5.93. The zero-order chi connectivity index (χ0) is 15.8. The Balaban J connectivity index is 2.15. The Kier molecular flexibility index (Phi) is 3.32. The third-order valence-electron chi connectivity index (χ3n) is 4.28. The molecule has 2 N–H and O–H groups in total. The zero-order valence-electron chi connectivity index (χ0n) is 13.0. The van der Waals surface area contributed by atoms with Crippen molar-refractivity contribution in [2.24, 2.45) is 5.73 Å². The van der Waals surface area contributed by atoms with Crippen LogP contribution in [0.15, 0.2) is 72.8 Å². The van der Waals surface area contributed by atoms with E-state index in [-0.39, 0.29) is 6.04 Å². The molecule has 2 heteroatoms. The van der Waals surface area contributed by atoms with Gasteiger partial charge in [0.1, 0.15) is 0 Å². The number of fused-ring (bicyclic) bond motifs is 3. The van der Waals surface area contributed by atoms with Crippen LogP contribution in [0.3, 0.4) is 0 Å². The summed E-state index contributed by atoms with van der Waals surface area (Å²) in [5.41, 5.74) is 10.5. The molecule has 3 aromatic carbocycles. The molecule has 0 aliphatic carbocycles. The molecular formula is C21H18N2. The minimum atomic E-state index is -0.0965. The molecule has 0 saturated heterocycles. The van der Waals surface area contributed by atoms with Crippen molar-refractivity contribution >= 4 is 21.7 Å². The van der Waals surface area contributed by atoms with Crippen molar-refractivity contribution < 1.29 is 0 Å². The number of aromatic nitrogens is 1. The maximum atomic E-state index is 6.13. The predicted octanol–water partition coefficient (Wildman–Crippen LogP) is 5.07. The highest BCUT2D eigenvalue weighted by molar-refractivity contribution is 6.10. The first-order valence-electron chi connectivity index (χ1n) is 7.87. The Morgan fingerprint density at radius 1 is 0.826 bits per heavy atom. The number of nitrogens with zero attached hydrogens (tertiary/aromatic N) is 1. The van der Waals surface area contributed by atoms with E-state index in [1.165, 1.54) is 27.3 Å². The van der Waals surface area contributed by atoms with Crippen LogP contribution in [0.1, 0.15) is 18.7 Å². The van der Waals surface area contributed by atoms with Gasteiger partial charge in [0.05, 0.1) is 11.2 Å². The molecule has 4 aromatic rings. The van der Waals surface area contributed by atoms with Crippen LogP contribution in [0.5, 0.6) is 0 Å². The molecule has 0 aliphatic rings. The Labute approximate surface area is 135 Å². The van der Waals surface area contributed by atoms with Crippen LogP contribution in [0.25, 0.3) is 32.8 Å². The van der Waals surface area contributed by atoms with Gasteiger partial charge in [0.2, 0.25) is 0 Å². The van der Waals surface area contributed by atoms with Gasteiger partial charge in [0.15, 0.2) is 0 Å². The molecule has 0 fully saturated rings. The zero-order valence-corrected chi connectivity index (χ0v) is 13.0. The van der Waals surface area contributed by atoms with Gasteiger partial charge in [-0.05, 0) is 29.5 Å². The highest BCUT2D eigenvalue weighted by Crippen LogP contribution is 2.33. The fourth-order valence-corrected chi connectivity index (χ4v) is 3.07. The highest BCUT2D eigenvalue weighted by Gasteiger charge is 2.12. The number of benzene rings is 3. The predicted molar refractivity (Wildman–Crippen MR) is 97.3 cm³/mol. The van der Waals surface area contributed by atoms with Gasteiger partial charge in [0, 0.05) is 16.8 Å². The average molecular weight is 298 g/mol. The molecular weight excluding hydrogens is 280 g/mol. The summed E-state index contributed by atoms with van der Waals surface area (Å²) in [6, 6.07) is 25.2. The molecule has 0 saturated carbocycles. The fraction of sp³-hybridized carbons (Fsp3) is 0.0952. The van der Waals surface area contributed by atoms with E-state index in [2.05, 4.69) is 66.7 Å². The first-order chi connectivity index (χ1) is 11.2. The Morgan fingerprint density at radius 3 is 2.35 bits per heavy atom. The topological polar surface area (TPSA) is 38.9 Å². The van der Waals surface area contributed by atoms with Crippen LogP contribution < -0.4 is 5.73 Å². The van der Waals surface area contributed by atoms with Gasteiger partial charge < -0.3 is 5.73 Å². The summed E-state index contributed by atoms with van der Waals surface area (Å²) in [6.07, 6.45) is 0. The van der Waals surface area contributed by atoms with Gasteiger partial charge in [-0.15, -0.1) is 0 Å². The normalized spacial score (nSPS) is 12.6. The summed E-state index contributed by atoms with van der Waals surface area (Å²) >= 11 is 0. The molecule has 0 bridgehead atoms. The lowest BCUT2D eigenvalue weighted by Gasteiger charge is -2.13. The summed E-state index contributed by atoms with van der Waals surface area (Å²) in [4.78, 5) is 4.86. The fourth-order valence-electron chi connectivity index (χ4n) is 3.07. The summed E-state index contributed by atoms with van der Waals surface area (Å²) in [5.74, 6) is 0. The maximum absolute atomic E-state index is 6.13. The van der Waals surface area contributed by atoms with E-state index in [1.54, 1.807) is 0 Å². The minimum absolute atomic E-state index is 0.0965. The molecule has 1 heterocycles. The van der Waals surface area contributed by atoms with Gasteiger partial charge in [-0.3, -0.25) is 4.98 Å². The van der Waals surface area contributed by atoms with E-state index in [0.717, 1.165) is 11.2 Å². The Morgan fingerprint density at radius 2 is 1.57 bits per heavy atom. The number of hydrogen-bond acceptors (Lipinski definition) is 2. The van der Waals surface area contributed by atoms with Gasteiger partial charge in [-0.1, -0.05) is 66.7 Å². The van der Waals surface area contributed by atoms with Crippen LogP contribution in [-0.2, 0) is 0 Å². The lowest BCUT2D eigenvalue weighted by molar-refractivity contribution is 0.787. The summed E-state index contributed by atoms with van der Waals surface area (Å²) in [7, 11) is 0. The number of rotatable bonds is 2. The molecule has 4 rings (SSSR count). The molecule has 1 aromatic heterocycles. The lowest BCUT2D eigenvalue weighted by Crippen LogP contribution is -2.08. The maximum Gasteiger partial charge on any atom is 0.0790 e. The number of pyridine rings is 1. The Hall–Kier alpha value is -2.71. The van der Waals surface area contributed by atoms with E-state index in [1.807, 2.05) is 13.0 Å². The second-order valence-electron chi connectivity index (χ2n) is 5.93. The van der Waals surface area contributed by atoms with Crippen LogP contribution in [0, 0.1) is 0 Å². The number of nitrogens with two attached hydrogens (primary N) is 1. The summed E-state index contributed by atoms with van der Waals surface area (Å²) < 4.78 is 0. The standard InChI is InChI=1S/C21H18N2/c1-14(22)20-13-19(15-7-3-2-4-8-15)18-12-11-16-9-5-6-10-17(16)21(18)23-20/h2-14H,22H2,1H3. The third kappa shape index (κ3) is 2.37. The molecule has 0 spiro atoms. The van der Waals surface area contributed by atoms with Gasteiger partial charge >= 0.3 is 0 Å².